The van der Waals surface area contributed by atoms with Crippen LogP contribution >= 0.6 is 0 Å². The summed E-state index contributed by atoms with van der Waals surface area (Å²) in [5, 5.41) is 16.4. The minimum absolute atomic E-state index is 0.0155. The van der Waals surface area contributed by atoms with Crippen molar-refractivity contribution >= 4 is 5.88 Å². The largest absolute Gasteiger partial charge is 0.395 e. The second-order valence-electron chi connectivity index (χ2n) is 5.12. The summed E-state index contributed by atoms with van der Waals surface area (Å²) in [6.07, 6.45) is 3.29. The van der Waals surface area contributed by atoms with Crippen LogP contribution in [0.25, 0.3) is 0 Å². The summed E-state index contributed by atoms with van der Waals surface area (Å²) >= 11 is 0. The molecule has 1 aromatic rings. The predicted molar refractivity (Wildman–Crippen MR) is 63.8 cm³/mol. The number of rotatable bonds is 4. The van der Waals surface area contributed by atoms with E-state index in [2.05, 4.69) is 10.5 Å². The minimum Gasteiger partial charge on any atom is -0.395 e. The van der Waals surface area contributed by atoms with Gasteiger partial charge in [0.05, 0.1) is 12.3 Å². The Labute approximate surface area is 101 Å². The lowest BCUT2D eigenvalue weighted by Crippen LogP contribution is -2.27. The molecule has 1 fully saturated rings. The molecule has 96 valence electrons. The minimum atomic E-state index is -0.378. The van der Waals surface area contributed by atoms with Crippen LogP contribution in [0.5, 0.6) is 0 Å². The molecule has 5 heteroatoms. The van der Waals surface area contributed by atoms with E-state index in [4.69, 9.17) is 9.26 Å². The Morgan fingerprint density at radius 3 is 3.00 bits per heavy atom. The summed E-state index contributed by atoms with van der Waals surface area (Å²) in [6.45, 7) is 4.68. The van der Waals surface area contributed by atoms with Gasteiger partial charge in [-0.15, -0.1) is 0 Å². The molecule has 0 bridgehead atoms. The lowest BCUT2D eigenvalue weighted by Gasteiger charge is -2.22. The molecule has 1 atom stereocenters. The summed E-state index contributed by atoms with van der Waals surface area (Å²) in [5.41, 5.74) is 0.370. The van der Waals surface area contributed by atoms with Crippen LogP contribution in [-0.4, -0.2) is 29.7 Å². The number of aromatic nitrogens is 1. The molecule has 2 N–H and O–H groups in total. The molecular weight excluding hydrogens is 220 g/mol. The van der Waals surface area contributed by atoms with E-state index in [9.17, 15) is 5.11 Å². The highest BCUT2D eigenvalue weighted by Gasteiger charge is 2.25. The fourth-order valence-corrected chi connectivity index (χ4v) is 1.76. The third kappa shape index (κ3) is 2.98. The van der Waals surface area contributed by atoms with Gasteiger partial charge in [0.2, 0.25) is 5.88 Å². The molecule has 1 aliphatic heterocycles. The van der Waals surface area contributed by atoms with Gasteiger partial charge in [0.25, 0.3) is 0 Å². The van der Waals surface area contributed by atoms with Crippen LogP contribution in [0, 0.1) is 0 Å². The maximum atomic E-state index is 9.25. The Bertz CT molecular complexity index is 356. The normalized spacial score (nSPS) is 21.5. The van der Waals surface area contributed by atoms with Crippen molar-refractivity contribution in [3.05, 3.63) is 11.8 Å². The van der Waals surface area contributed by atoms with Crippen molar-refractivity contribution in [1.82, 2.24) is 5.16 Å². The number of aliphatic hydroxyl groups excluding tert-OH is 1. The van der Waals surface area contributed by atoms with E-state index in [0.717, 1.165) is 25.1 Å². The average Bonchev–Trinajstić information content (AvgIpc) is 2.80. The molecule has 0 saturated carbocycles. The van der Waals surface area contributed by atoms with Crippen molar-refractivity contribution in [3.63, 3.8) is 0 Å². The molecule has 0 spiro atoms. The number of hydrogen-bond acceptors (Lipinski definition) is 5. The summed E-state index contributed by atoms with van der Waals surface area (Å²) in [5.74, 6) is 0.605. The van der Waals surface area contributed by atoms with E-state index in [1.165, 1.54) is 6.42 Å². The highest BCUT2D eigenvalue weighted by Crippen LogP contribution is 2.25. The molecule has 2 heterocycles. The number of ether oxygens (including phenoxy) is 1. The van der Waals surface area contributed by atoms with Gasteiger partial charge in [-0.05, 0) is 19.3 Å². The Morgan fingerprint density at radius 2 is 2.35 bits per heavy atom. The molecule has 1 unspecified atom stereocenters. The summed E-state index contributed by atoms with van der Waals surface area (Å²) in [6, 6.07) is 1.83. The Kier molecular flexibility index (Phi) is 3.69. The molecule has 0 aromatic carbocycles. The summed E-state index contributed by atoms with van der Waals surface area (Å²) in [7, 11) is 0. The van der Waals surface area contributed by atoms with Crippen molar-refractivity contribution in [2.45, 2.75) is 44.8 Å². The third-order valence-corrected chi connectivity index (χ3v) is 3.08. The highest BCUT2D eigenvalue weighted by atomic mass is 16.5. The first-order chi connectivity index (χ1) is 8.12. The van der Waals surface area contributed by atoms with Crippen LogP contribution in [0.3, 0.4) is 0 Å². The smallest absolute Gasteiger partial charge is 0.226 e. The van der Waals surface area contributed by atoms with Crippen molar-refractivity contribution in [2.75, 3.05) is 18.5 Å². The van der Waals surface area contributed by atoms with E-state index in [1.807, 2.05) is 19.9 Å². The van der Waals surface area contributed by atoms with Crippen LogP contribution in [0.4, 0.5) is 5.88 Å². The second-order valence-corrected chi connectivity index (χ2v) is 5.12. The lowest BCUT2D eigenvalue weighted by atomic mass is 9.91. The second kappa shape index (κ2) is 5.06. The third-order valence-electron chi connectivity index (χ3n) is 3.08. The van der Waals surface area contributed by atoms with E-state index in [1.54, 1.807) is 0 Å². The number of nitrogens with zero attached hydrogens (tertiary/aromatic N) is 1. The molecule has 5 nitrogen and oxygen atoms in total. The predicted octanol–water partition coefficient (Wildman–Crippen LogP) is 1.88. The monoisotopic (exact) mass is 240 g/mol. The van der Waals surface area contributed by atoms with Crippen molar-refractivity contribution < 1.29 is 14.4 Å². The van der Waals surface area contributed by atoms with Gasteiger partial charge in [0, 0.05) is 18.1 Å². The maximum absolute atomic E-state index is 9.25. The zero-order valence-electron chi connectivity index (χ0n) is 10.4. The first-order valence-electron chi connectivity index (χ1n) is 6.08. The molecule has 1 aliphatic rings. The number of aliphatic hydroxyl groups is 1. The van der Waals surface area contributed by atoms with Gasteiger partial charge in [-0.3, -0.25) is 0 Å². The van der Waals surface area contributed by atoms with Crippen LogP contribution in [0.2, 0.25) is 0 Å². The van der Waals surface area contributed by atoms with Crippen molar-refractivity contribution in [2.24, 2.45) is 0 Å². The van der Waals surface area contributed by atoms with E-state index >= 15 is 0 Å². The van der Waals surface area contributed by atoms with Gasteiger partial charge in [-0.2, -0.15) is 0 Å². The standard InChI is InChI=1S/C12H20N2O3/c1-12(2,8-15)9-7-11(17-14-9)13-10-5-3-4-6-16-10/h7,10,13,15H,3-6,8H2,1-2H3. The summed E-state index contributed by atoms with van der Waals surface area (Å²) < 4.78 is 10.8. The Morgan fingerprint density at radius 1 is 1.53 bits per heavy atom. The first kappa shape index (κ1) is 12.4. The first-order valence-corrected chi connectivity index (χ1v) is 6.08. The quantitative estimate of drug-likeness (QED) is 0.841. The maximum Gasteiger partial charge on any atom is 0.226 e. The highest BCUT2D eigenvalue weighted by molar-refractivity contribution is 5.34. The summed E-state index contributed by atoms with van der Waals surface area (Å²) in [4.78, 5) is 0. The van der Waals surface area contributed by atoms with Crippen LogP contribution in [0.1, 0.15) is 38.8 Å². The lowest BCUT2D eigenvalue weighted by molar-refractivity contribution is 0.0327. The van der Waals surface area contributed by atoms with Gasteiger partial charge >= 0.3 is 0 Å². The van der Waals surface area contributed by atoms with Gasteiger partial charge < -0.3 is 19.7 Å². The van der Waals surface area contributed by atoms with E-state index in [-0.39, 0.29) is 18.2 Å². The van der Waals surface area contributed by atoms with Crippen molar-refractivity contribution in [1.29, 1.82) is 0 Å². The van der Waals surface area contributed by atoms with Crippen LogP contribution < -0.4 is 5.32 Å². The van der Waals surface area contributed by atoms with Gasteiger partial charge in [0.15, 0.2) is 0 Å². The SMILES string of the molecule is CC(C)(CO)c1cc(NC2CCCCO2)on1. The van der Waals surface area contributed by atoms with Gasteiger partial charge in [0.1, 0.15) is 6.23 Å². The fraction of sp³-hybridized carbons (Fsp3) is 0.750. The van der Waals surface area contributed by atoms with E-state index in [0.29, 0.717) is 5.88 Å². The zero-order chi connectivity index (χ0) is 12.3. The Balaban J connectivity index is 1.98. The Hall–Kier alpha value is -1.07. The molecule has 0 aliphatic carbocycles. The van der Waals surface area contributed by atoms with Gasteiger partial charge in [-0.1, -0.05) is 19.0 Å². The zero-order valence-corrected chi connectivity index (χ0v) is 10.4. The van der Waals surface area contributed by atoms with Crippen molar-refractivity contribution in [3.8, 4) is 0 Å². The number of anilines is 1. The van der Waals surface area contributed by atoms with Crippen LogP contribution in [0.15, 0.2) is 10.6 Å². The fourth-order valence-electron chi connectivity index (χ4n) is 1.76. The molecule has 0 radical (unpaired) electrons. The van der Waals surface area contributed by atoms with Gasteiger partial charge in [-0.25, -0.2) is 0 Å². The van der Waals surface area contributed by atoms with E-state index < -0.39 is 0 Å². The number of nitrogens with one attached hydrogen (secondary N) is 1. The number of hydrogen-bond donors (Lipinski definition) is 2. The molecule has 2 rings (SSSR count). The van der Waals surface area contributed by atoms with Crippen LogP contribution in [-0.2, 0) is 10.2 Å². The molecule has 17 heavy (non-hydrogen) atoms. The molecule has 0 amide bonds. The molecule has 1 aromatic heterocycles. The average molecular weight is 240 g/mol. The molecular formula is C12H20N2O3. The topological polar surface area (TPSA) is 67.5 Å². The molecule has 1 saturated heterocycles.